The van der Waals surface area contributed by atoms with Crippen LogP contribution in [0.4, 0.5) is 11.4 Å². The lowest BCUT2D eigenvalue weighted by Crippen LogP contribution is -2.28. The van der Waals surface area contributed by atoms with E-state index in [2.05, 4.69) is 12.2 Å². The molecule has 2 N–H and O–H groups in total. The van der Waals surface area contributed by atoms with Crippen LogP contribution in [0.2, 0.25) is 0 Å². The summed E-state index contributed by atoms with van der Waals surface area (Å²) in [7, 11) is 0. The summed E-state index contributed by atoms with van der Waals surface area (Å²) in [5.41, 5.74) is 3.37. The second-order valence-corrected chi connectivity index (χ2v) is 6.24. The van der Waals surface area contributed by atoms with Gasteiger partial charge in [0.05, 0.1) is 12.5 Å². The molecular weight excluding hydrogens is 316 g/mol. The van der Waals surface area contributed by atoms with Crippen LogP contribution in [0.25, 0.3) is 0 Å². The molecular formula is C20H22N2O3. The largest absolute Gasteiger partial charge is 0.392 e. The number of nitrogens with zero attached hydrogens (tertiary/aromatic N) is 1. The molecule has 0 radical (unpaired) electrons. The zero-order valence-corrected chi connectivity index (χ0v) is 14.2. The molecule has 1 fully saturated rings. The van der Waals surface area contributed by atoms with E-state index in [9.17, 15) is 14.7 Å². The number of anilines is 2. The number of hydrogen-bond acceptors (Lipinski definition) is 3. The second kappa shape index (κ2) is 7.49. The first-order chi connectivity index (χ1) is 12.1. The third-order valence-corrected chi connectivity index (χ3v) is 4.54. The Bertz CT molecular complexity index is 788. The van der Waals surface area contributed by atoms with E-state index in [1.54, 1.807) is 29.2 Å². The minimum absolute atomic E-state index is 0.0230. The molecule has 1 saturated heterocycles. The number of amides is 2. The molecule has 0 spiro atoms. The van der Waals surface area contributed by atoms with E-state index in [1.807, 2.05) is 24.3 Å². The monoisotopic (exact) mass is 338 g/mol. The van der Waals surface area contributed by atoms with Gasteiger partial charge in [-0.05, 0) is 35.7 Å². The highest BCUT2D eigenvalue weighted by atomic mass is 16.3. The van der Waals surface area contributed by atoms with Crippen molar-refractivity contribution in [3.63, 3.8) is 0 Å². The lowest BCUT2D eigenvalue weighted by molar-refractivity contribution is -0.122. The predicted molar refractivity (Wildman–Crippen MR) is 97.3 cm³/mol. The van der Waals surface area contributed by atoms with Crippen molar-refractivity contribution >= 4 is 23.2 Å². The van der Waals surface area contributed by atoms with Gasteiger partial charge in [0.25, 0.3) is 0 Å². The van der Waals surface area contributed by atoms with Crippen LogP contribution in [0.1, 0.15) is 24.5 Å². The van der Waals surface area contributed by atoms with Crippen molar-refractivity contribution in [2.75, 3.05) is 16.8 Å². The van der Waals surface area contributed by atoms with Gasteiger partial charge >= 0.3 is 0 Å². The average molecular weight is 338 g/mol. The van der Waals surface area contributed by atoms with E-state index in [-0.39, 0.29) is 30.8 Å². The Balaban J connectivity index is 1.72. The molecule has 1 heterocycles. The summed E-state index contributed by atoms with van der Waals surface area (Å²) < 4.78 is 0. The number of rotatable bonds is 5. The van der Waals surface area contributed by atoms with Gasteiger partial charge in [-0.1, -0.05) is 37.3 Å². The molecule has 5 heteroatoms. The fourth-order valence-corrected chi connectivity index (χ4v) is 3.18. The molecule has 1 unspecified atom stereocenters. The number of carbonyl (C=O) groups is 2. The quantitative estimate of drug-likeness (QED) is 0.881. The Morgan fingerprint density at radius 3 is 2.80 bits per heavy atom. The van der Waals surface area contributed by atoms with E-state index in [0.29, 0.717) is 12.2 Å². The van der Waals surface area contributed by atoms with E-state index >= 15 is 0 Å². The molecule has 2 amide bonds. The van der Waals surface area contributed by atoms with Crippen molar-refractivity contribution in [3.8, 4) is 0 Å². The molecule has 25 heavy (non-hydrogen) atoms. The van der Waals surface area contributed by atoms with Crippen LogP contribution in [0, 0.1) is 5.92 Å². The zero-order chi connectivity index (χ0) is 17.8. The predicted octanol–water partition coefficient (Wildman–Crippen LogP) is 2.73. The van der Waals surface area contributed by atoms with Crippen LogP contribution in [0.3, 0.4) is 0 Å². The van der Waals surface area contributed by atoms with Crippen molar-refractivity contribution in [2.24, 2.45) is 5.92 Å². The van der Waals surface area contributed by atoms with Crippen LogP contribution < -0.4 is 10.2 Å². The van der Waals surface area contributed by atoms with Gasteiger partial charge < -0.3 is 15.3 Å². The summed E-state index contributed by atoms with van der Waals surface area (Å²) in [6, 6.07) is 14.9. The molecule has 0 bridgehead atoms. The van der Waals surface area contributed by atoms with Gasteiger partial charge in [0.2, 0.25) is 11.8 Å². The van der Waals surface area contributed by atoms with Gasteiger partial charge in [-0.3, -0.25) is 9.59 Å². The number of hydrogen-bond donors (Lipinski definition) is 2. The van der Waals surface area contributed by atoms with Gasteiger partial charge in [0.15, 0.2) is 0 Å². The van der Waals surface area contributed by atoms with Crippen LogP contribution in [-0.2, 0) is 22.6 Å². The third kappa shape index (κ3) is 3.72. The van der Waals surface area contributed by atoms with Crippen molar-refractivity contribution < 1.29 is 14.7 Å². The Hall–Kier alpha value is -2.66. The van der Waals surface area contributed by atoms with Crippen molar-refractivity contribution in [1.29, 1.82) is 0 Å². The number of aryl methyl sites for hydroxylation is 1. The normalized spacial score (nSPS) is 17.0. The molecule has 1 aliphatic heterocycles. The highest BCUT2D eigenvalue weighted by Gasteiger charge is 2.35. The molecule has 1 atom stereocenters. The SMILES string of the molecule is CCc1ccccc1N1CC(C(=O)Nc2cccc(CO)c2)CC1=O. The van der Waals surface area contributed by atoms with E-state index in [0.717, 1.165) is 23.2 Å². The van der Waals surface area contributed by atoms with Gasteiger partial charge in [-0.2, -0.15) is 0 Å². The van der Waals surface area contributed by atoms with E-state index in [1.165, 1.54) is 0 Å². The average Bonchev–Trinajstić information content (AvgIpc) is 3.03. The van der Waals surface area contributed by atoms with Crippen LogP contribution in [-0.4, -0.2) is 23.5 Å². The first kappa shape index (κ1) is 17.2. The summed E-state index contributed by atoms with van der Waals surface area (Å²) in [5.74, 6) is -0.569. The van der Waals surface area contributed by atoms with E-state index < -0.39 is 0 Å². The second-order valence-electron chi connectivity index (χ2n) is 6.24. The maximum absolute atomic E-state index is 12.5. The fraction of sp³-hybridized carbons (Fsp3) is 0.300. The number of para-hydroxylation sites is 1. The molecule has 0 aromatic heterocycles. The third-order valence-electron chi connectivity index (χ3n) is 4.54. The number of aliphatic hydroxyl groups is 1. The lowest BCUT2D eigenvalue weighted by Gasteiger charge is -2.20. The molecule has 130 valence electrons. The fourth-order valence-electron chi connectivity index (χ4n) is 3.18. The molecule has 3 rings (SSSR count). The van der Waals surface area contributed by atoms with Gasteiger partial charge in [-0.25, -0.2) is 0 Å². The summed E-state index contributed by atoms with van der Waals surface area (Å²) in [6.07, 6.45) is 1.05. The van der Waals surface area contributed by atoms with Crippen molar-refractivity contribution in [3.05, 3.63) is 59.7 Å². The number of carbonyl (C=O) groups excluding carboxylic acids is 2. The highest BCUT2D eigenvalue weighted by molar-refractivity contribution is 6.03. The lowest BCUT2D eigenvalue weighted by atomic mass is 10.1. The maximum Gasteiger partial charge on any atom is 0.229 e. The van der Waals surface area contributed by atoms with Gasteiger partial charge in [0, 0.05) is 24.3 Å². The maximum atomic E-state index is 12.5. The van der Waals surface area contributed by atoms with Crippen LogP contribution >= 0.6 is 0 Å². The zero-order valence-electron chi connectivity index (χ0n) is 14.2. The highest BCUT2D eigenvalue weighted by Crippen LogP contribution is 2.29. The molecule has 2 aromatic rings. The van der Waals surface area contributed by atoms with Gasteiger partial charge in [-0.15, -0.1) is 0 Å². The topological polar surface area (TPSA) is 69.6 Å². The minimum atomic E-state index is -0.379. The number of aliphatic hydroxyl groups excluding tert-OH is 1. The first-order valence-corrected chi connectivity index (χ1v) is 8.51. The Morgan fingerprint density at radius 2 is 2.04 bits per heavy atom. The molecule has 0 aliphatic carbocycles. The van der Waals surface area contributed by atoms with E-state index in [4.69, 9.17) is 0 Å². The minimum Gasteiger partial charge on any atom is -0.392 e. The summed E-state index contributed by atoms with van der Waals surface area (Å²) in [5, 5.41) is 12.0. The number of benzene rings is 2. The summed E-state index contributed by atoms with van der Waals surface area (Å²) >= 11 is 0. The van der Waals surface area contributed by atoms with Crippen molar-refractivity contribution in [1.82, 2.24) is 0 Å². The van der Waals surface area contributed by atoms with Crippen molar-refractivity contribution in [2.45, 2.75) is 26.4 Å². The Labute approximate surface area is 147 Å². The summed E-state index contributed by atoms with van der Waals surface area (Å²) in [6.45, 7) is 2.37. The van der Waals surface area contributed by atoms with Crippen LogP contribution in [0.5, 0.6) is 0 Å². The molecule has 0 saturated carbocycles. The standard InChI is InChI=1S/C20H22N2O3/c1-2-15-7-3-4-9-18(15)22-12-16(11-19(22)24)20(25)21-17-8-5-6-14(10-17)13-23/h3-10,16,23H,2,11-13H2,1H3,(H,21,25). The Kier molecular flexibility index (Phi) is 5.14. The molecule has 2 aromatic carbocycles. The van der Waals surface area contributed by atoms with Gasteiger partial charge in [0.1, 0.15) is 0 Å². The smallest absolute Gasteiger partial charge is 0.229 e. The first-order valence-electron chi connectivity index (χ1n) is 8.51. The Morgan fingerprint density at radius 1 is 1.24 bits per heavy atom. The molecule has 1 aliphatic rings. The molecule has 5 nitrogen and oxygen atoms in total. The van der Waals surface area contributed by atoms with Crippen LogP contribution in [0.15, 0.2) is 48.5 Å². The number of nitrogens with one attached hydrogen (secondary N) is 1. The summed E-state index contributed by atoms with van der Waals surface area (Å²) in [4.78, 5) is 26.7.